The van der Waals surface area contributed by atoms with E-state index < -0.39 is 0 Å². The number of thiophene rings is 1. The van der Waals surface area contributed by atoms with E-state index in [1.54, 1.807) is 28.5 Å². The number of hydrogen-bond acceptors (Lipinski definition) is 4. The molecule has 0 aliphatic carbocycles. The van der Waals surface area contributed by atoms with Gasteiger partial charge in [-0.3, -0.25) is 4.79 Å². The molecule has 0 aliphatic heterocycles. The number of pyridine rings is 1. The van der Waals surface area contributed by atoms with Gasteiger partial charge in [0.1, 0.15) is 5.82 Å². The molecule has 0 atom stereocenters. The van der Waals surface area contributed by atoms with Gasteiger partial charge in [0.2, 0.25) is 0 Å². The molecule has 0 saturated carbocycles. The van der Waals surface area contributed by atoms with E-state index in [0.717, 1.165) is 9.35 Å². The van der Waals surface area contributed by atoms with Gasteiger partial charge in [0.15, 0.2) is 0 Å². The number of hydrogen-bond donors (Lipinski definition) is 1. The summed E-state index contributed by atoms with van der Waals surface area (Å²) in [7, 11) is 0. The summed E-state index contributed by atoms with van der Waals surface area (Å²) in [6.45, 7) is 4.57. The summed E-state index contributed by atoms with van der Waals surface area (Å²) >= 11 is 4.96. The Morgan fingerprint density at radius 2 is 2.30 bits per heavy atom. The number of carbonyl (C=O) groups is 1. The predicted molar refractivity (Wildman–Crippen MR) is 85.7 cm³/mol. The van der Waals surface area contributed by atoms with Gasteiger partial charge in [0, 0.05) is 21.6 Å². The molecule has 106 valence electrons. The fraction of sp³-hybridized carbons (Fsp3) is 0.286. The average Bonchev–Trinajstić information content (AvgIpc) is 2.90. The first-order chi connectivity index (χ1) is 9.49. The molecule has 2 rings (SSSR count). The molecule has 4 nitrogen and oxygen atoms in total. The molecule has 2 aromatic heterocycles. The first-order valence-corrected chi connectivity index (χ1v) is 7.90. The molecule has 20 heavy (non-hydrogen) atoms. The molecular weight excluding hydrogens is 338 g/mol. The van der Waals surface area contributed by atoms with Crippen molar-refractivity contribution in [1.82, 2.24) is 9.88 Å². The molecule has 2 N–H and O–H groups in total. The van der Waals surface area contributed by atoms with Crippen molar-refractivity contribution in [1.29, 1.82) is 0 Å². The lowest BCUT2D eigenvalue weighted by Crippen LogP contribution is -2.36. The Balaban J connectivity index is 2.29. The van der Waals surface area contributed by atoms with Crippen LogP contribution in [0.5, 0.6) is 0 Å². The zero-order valence-electron chi connectivity index (χ0n) is 11.3. The van der Waals surface area contributed by atoms with Crippen molar-refractivity contribution in [2.24, 2.45) is 0 Å². The Kier molecular flexibility index (Phi) is 4.77. The monoisotopic (exact) mass is 353 g/mol. The number of nitrogen functional groups attached to an aromatic ring is 1. The molecule has 0 spiro atoms. The minimum atomic E-state index is -0.0975. The summed E-state index contributed by atoms with van der Waals surface area (Å²) in [6, 6.07) is 5.81. The lowest BCUT2D eigenvalue weighted by atomic mass is 10.2. The molecule has 0 saturated heterocycles. The fourth-order valence-electron chi connectivity index (χ4n) is 1.84. The molecule has 0 unspecified atom stereocenters. The molecule has 0 aromatic carbocycles. The lowest BCUT2D eigenvalue weighted by molar-refractivity contribution is 0.0693. The molecule has 2 aromatic rings. The maximum atomic E-state index is 12.7. The number of anilines is 1. The Morgan fingerprint density at radius 1 is 1.55 bits per heavy atom. The Bertz CT molecular complexity index is 598. The minimum absolute atomic E-state index is 0.0861. The zero-order chi connectivity index (χ0) is 14.7. The number of aromatic nitrogens is 1. The van der Waals surface area contributed by atoms with Crippen molar-refractivity contribution in [2.75, 3.05) is 5.73 Å². The van der Waals surface area contributed by atoms with Crippen molar-refractivity contribution in [2.45, 2.75) is 26.4 Å². The van der Waals surface area contributed by atoms with Crippen LogP contribution < -0.4 is 5.73 Å². The number of rotatable bonds is 4. The molecule has 0 aliphatic rings. The minimum Gasteiger partial charge on any atom is -0.383 e. The average molecular weight is 354 g/mol. The van der Waals surface area contributed by atoms with Crippen molar-refractivity contribution < 1.29 is 4.79 Å². The summed E-state index contributed by atoms with van der Waals surface area (Å²) in [4.78, 5) is 19.6. The van der Waals surface area contributed by atoms with Crippen LogP contribution in [0.2, 0.25) is 0 Å². The van der Waals surface area contributed by atoms with Crippen molar-refractivity contribution in [3.05, 3.63) is 44.7 Å². The fourth-order valence-corrected chi connectivity index (χ4v) is 2.87. The van der Waals surface area contributed by atoms with Gasteiger partial charge in [-0.15, -0.1) is 11.3 Å². The lowest BCUT2D eigenvalue weighted by Gasteiger charge is -2.26. The SMILES string of the molecule is CC(C)N(Cc1cccs1)C(=O)c1cc(Br)cnc1N. The second-order valence-corrected chi connectivity index (χ2v) is 6.64. The number of amides is 1. The van der Waals surface area contributed by atoms with E-state index >= 15 is 0 Å². The maximum absolute atomic E-state index is 12.7. The van der Waals surface area contributed by atoms with Crippen LogP contribution in [-0.2, 0) is 6.54 Å². The van der Waals surface area contributed by atoms with Gasteiger partial charge in [0.05, 0.1) is 12.1 Å². The summed E-state index contributed by atoms with van der Waals surface area (Å²) in [5.74, 6) is 0.162. The van der Waals surface area contributed by atoms with Crippen LogP contribution in [0.3, 0.4) is 0 Å². The van der Waals surface area contributed by atoms with Crippen molar-refractivity contribution >= 4 is 39.0 Å². The van der Waals surface area contributed by atoms with Gasteiger partial charge in [0.25, 0.3) is 5.91 Å². The summed E-state index contributed by atoms with van der Waals surface area (Å²) in [6.07, 6.45) is 1.59. The molecule has 0 bridgehead atoms. The third-order valence-corrected chi connectivity index (χ3v) is 4.20. The van der Waals surface area contributed by atoms with E-state index in [-0.39, 0.29) is 17.8 Å². The maximum Gasteiger partial charge on any atom is 0.258 e. The van der Waals surface area contributed by atoms with E-state index in [1.807, 2.05) is 31.4 Å². The van der Waals surface area contributed by atoms with Gasteiger partial charge in [-0.1, -0.05) is 6.07 Å². The van der Waals surface area contributed by atoms with E-state index in [2.05, 4.69) is 20.9 Å². The summed E-state index contributed by atoms with van der Waals surface area (Å²) < 4.78 is 0.745. The van der Waals surface area contributed by atoms with Crippen molar-refractivity contribution in [3.63, 3.8) is 0 Å². The number of carbonyl (C=O) groups excluding carboxylic acids is 1. The van der Waals surface area contributed by atoms with Crippen LogP contribution in [-0.4, -0.2) is 21.8 Å². The third kappa shape index (κ3) is 3.37. The largest absolute Gasteiger partial charge is 0.383 e. The third-order valence-electron chi connectivity index (χ3n) is 2.91. The second kappa shape index (κ2) is 6.37. The second-order valence-electron chi connectivity index (χ2n) is 4.69. The number of halogens is 1. The van der Waals surface area contributed by atoms with Gasteiger partial charge in [-0.05, 0) is 47.3 Å². The molecule has 1 amide bonds. The smallest absolute Gasteiger partial charge is 0.258 e. The zero-order valence-corrected chi connectivity index (χ0v) is 13.7. The van der Waals surface area contributed by atoms with Gasteiger partial charge >= 0.3 is 0 Å². The predicted octanol–water partition coefficient (Wildman–Crippen LogP) is 3.54. The van der Waals surface area contributed by atoms with Crippen LogP contribution >= 0.6 is 27.3 Å². The number of nitrogens with two attached hydrogens (primary N) is 1. The van der Waals surface area contributed by atoms with E-state index in [0.29, 0.717) is 12.1 Å². The molecular formula is C14H16BrN3OS. The Labute approximate surface area is 130 Å². The van der Waals surface area contributed by atoms with Crippen LogP contribution in [0.25, 0.3) is 0 Å². The van der Waals surface area contributed by atoms with Crippen LogP contribution in [0.1, 0.15) is 29.1 Å². The molecule has 2 heterocycles. The molecule has 6 heteroatoms. The first kappa shape index (κ1) is 15.0. The highest BCUT2D eigenvalue weighted by Crippen LogP contribution is 2.21. The van der Waals surface area contributed by atoms with Gasteiger partial charge < -0.3 is 10.6 Å². The highest BCUT2D eigenvalue weighted by atomic mass is 79.9. The summed E-state index contributed by atoms with van der Waals surface area (Å²) in [5.41, 5.74) is 6.26. The Morgan fingerprint density at radius 3 is 2.90 bits per heavy atom. The highest BCUT2D eigenvalue weighted by molar-refractivity contribution is 9.10. The Hall–Kier alpha value is -1.40. The number of nitrogens with zero attached hydrogens (tertiary/aromatic N) is 2. The quantitative estimate of drug-likeness (QED) is 0.914. The summed E-state index contributed by atoms with van der Waals surface area (Å²) in [5, 5.41) is 2.01. The van der Waals surface area contributed by atoms with Crippen LogP contribution in [0.4, 0.5) is 5.82 Å². The van der Waals surface area contributed by atoms with Crippen LogP contribution in [0, 0.1) is 0 Å². The normalized spacial score (nSPS) is 10.8. The highest BCUT2D eigenvalue weighted by Gasteiger charge is 2.22. The topological polar surface area (TPSA) is 59.2 Å². The van der Waals surface area contributed by atoms with Crippen molar-refractivity contribution in [3.8, 4) is 0 Å². The van der Waals surface area contributed by atoms with Gasteiger partial charge in [-0.25, -0.2) is 4.98 Å². The molecule has 0 radical (unpaired) electrons. The van der Waals surface area contributed by atoms with Gasteiger partial charge in [-0.2, -0.15) is 0 Å². The first-order valence-electron chi connectivity index (χ1n) is 6.23. The van der Waals surface area contributed by atoms with E-state index in [9.17, 15) is 4.79 Å². The standard InChI is InChI=1S/C14H16BrN3OS/c1-9(2)18(8-11-4-3-5-20-11)14(19)12-6-10(15)7-17-13(12)16/h3-7,9H,8H2,1-2H3,(H2,16,17). The van der Waals surface area contributed by atoms with E-state index in [1.165, 1.54) is 0 Å². The van der Waals surface area contributed by atoms with E-state index in [4.69, 9.17) is 5.73 Å². The molecule has 0 fully saturated rings. The van der Waals surface area contributed by atoms with Crippen LogP contribution in [0.15, 0.2) is 34.2 Å².